The van der Waals surface area contributed by atoms with Crippen LogP contribution in [0.1, 0.15) is 27.4 Å². The van der Waals surface area contributed by atoms with Crippen molar-refractivity contribution in [2.75, 3.05) is 7.05 Å². The maximum absolute atomic E-state index is 10.8. The van der Waals surface area contributed by atoms with Crippen LogP contribution >= 0.6 is 0 Å². The van der Waals surface area contributed by atoms with Crippen molar-refractivity contribution in [3.8, 4) is 0 Å². The Bertz CT molecular complexity index is 527. The molecule has 96 valence electrons. The van der Waals surface area contributed by atoms with Gasteiger partial charge in [0.2, 0.25) is 5.76 Å². The van der Waals surface area contributed by atoms with Crippen LogP contribution in [-0.2, 0) is 13.1 Å². The predicted molar refractivity (Wildman–Crippen MR) is 64.3 cm³/mol. The van der Waals surface area contributed by atoms with Crippen LogP contribution in [0.25, 0.3) is 0 Å². The van der Waals surface area contributed by atoms with E-state index >= 15 is 0 Å². The normalized spacial score (nSPS) is 11.1. The van der Waals surface area contributed by atoms with E-state index in [0.717, 1.165) is 17.7 Å². The maximum atomic E-state index is 10.8. The fourth-order valence-corrected chi connectivity index (χ4v) is 1.82. The molecule has 0 fully saturated rings. The van der Waals surface area contributed by atoms with E-state index in [9.17, 15) is 4.79 Å². The molecule has 2 heterocycles. The van der Waals surface area contributed by atoms with Crippen molar-refractivity contribution >= 4 is 5.97 Å². The molecule has 0 saturated heterocycles. The highest BCUT2D eigenvalue weighted by molar-refractivity contribution is 5.84. The van der Waals surface area contributed by atoms with Crippen LogP contribution in [0.4, 0.5) is 0 Å². The first-order chi connectivity index (χ1) is 8.56. The molecular formula is C13H15NO4. The molecule has 2 rings (SSSR count). The average molecular weight is 249 g/mol. The lowest BCUT2D eigenvalue weighted by Crippen LogP contribution is -2.16. The number of carboxylic acid groups (broad SMARTS) is 1. The summed E-state index contributed by atoms with van der Waals surface area (Å²) in [6, 6.07) is 3.48. The van der Waals surface area contributed by atoms with Crippen molar-refractivity contribution in [3.05, 3.63) is 47.3 Å². The second-order valence-corrected chi connectivity index (χ2v) is 4.30. The van der Waals surface area contributed by atoms with Crippen LogP contribution in [0, 0.1) is 6.92 Å². The zero-order chi connectivity index (χ0) is 13.1. The highest BCUT2D eigenvalue weighted by Crippen LogP contribution is 2.17. The van der Waals surface area contributed by atoms with Gasteiger partial charge in [-0.25, -0.2) is 4.79 Å². The molecule has 0 aromatic carbocycles. The number of aromatic carboxylic acids is 1. The molecule has 0 bridgehead atoms. The van der Waals surface area contributed by atoms with Gasteiger partial charge in [0.1, 0.15) is 5.76 Å². The van der Waals surface area contributed by atoms with Crippen LogP contribution in [0.3, 0.4) is 0 Å². The third kappa shape index (κ3) is 2.81. The van der Waals surface area contributed by atoms with Gasteiger partial charge in [-0.1, -0.05) is 0 Å². The molecule has 0 saturated carbocycles. The number of carboxylic acids is 1. The number of hydrogen-bond acceptors (Lipinski definition) is 4. The van der Waals surface area contributed by atoms with Gasteiger partial charge in [0, 0.05) is 24.2 Å². The van der Waals surface area contributed by atoms with Crippen molar-refractivity contribution in [1.29, 1.82) is 0 Å². The lowest BCUT2D eigenvalue weighted by molar-refractivity contribution is 0.0661. The molecule has 0 aliphatic heterocycles. The summed E-state index contributed by atoms with van der Waals surface area (Å²) < 4.78 is 10.2. The molecule has 0 aliphatic rings. The van der Waals surface area contributed by atoms with Crippen LogP contribution in [0.15, 0.2) is 33.5 Å². The number of carbonyl (C=O) groups is 1. The van der Waals surface area contributed by atoms with Crippen LogP contribution in [0.2, 0.25) is 0 Å². The molecule has 0 radical (unpaired) electrons. The fraction of sp³-hybridized carbons (Fsp3) is 0.308. The molecule has 2 aromatic heterocycles. The van der Waals surface area contributed by atoms with Gasteiger partial charge in [-0.15, -0.1) is 0 Å². The lowest BCUT2D eigenvalue weighted by atomic mass is 10.2. The number of rotatable bonds is 5. The zero-order valence-electron chi connectivity index (χ0n) is 10.3. The summed E-state index contributed by atoms with van der Waals surface area (Å²) in [7, 11) is 1.96. The quantitative estimate of drug-likeness (QED) is 0.881. The van der Waals surface area contributed by atoms with E-state index in [0.29, 0.717) is 12.3 Å². The highest BCUT2D eigenvalue weighted by Gasteiger charge is 2.14. The van der Waals surface area contributed by atoms with Gasteiger partial charge in [-0.05, 0) is 26.1 Å². The third-order valence-electron chi connectivity index (χ3n) is 2.70. The number of nitrogens with zero attached hydrogens (tertiary/aromatic N) is 1. The molecule has 0 aliphatic carbocycles. The molecule has 2 aromatic rings. The first-order valence-electron chi connectivity index (χ1n) is 5.58. The first kappa shape index (κ1) is 12.4. The predicted octanol–water partition coefficient (Wildman–Crippen LogP) is 2.51. The summed E-state index contributed by atoms with van der Waals surface area (Å²) >= 11 is 0. The third-order valence-corrected chi connectivity index (χ3v) is 2.70. The van der Waals surface area contributed by atoms with Gasteiger partial charge in [-0.2, -0.15) is 0 Å². The Balaban J connectivity index is 2.02. The van der Waals surface area contributed by atoms with Gasteiger partial charge in [0.15, 0.2) is 0 Å². The Morgan fingerprint density at radius 3 is 2.78 bits per heavy atom. The van der Waals surface area contributed by atoms with Crippen molar-refractivity contribution in [1.82, 2.24) is 4.90 Å². The number of aryl methyl sites for hydroxylation is 1. The minimum Gasteiger partial charge on any atom is -0.475 e. The second kappa shape index (κ2) is 5.10. The van der Waals surface area contributed by atoms with Crippen LogP contribution in [0.5, 0.6) is 0 Å². The summed E-state index contributed by atoms with van der Waals surface area (Å²) in [5.41, 5.74) is 1.97. The number of hydrogen-bond donors (Lipinski definition) is 1. The van der Waals surface area contributed by atoms with Gasteiger partial charge in [0.05, 0.1) is 12.5 Å². The smallest absolute Gasteiger partial charge is 0.371 e. The van der Waals surface area contributed by atoms with Gasteiger partial charge < -0.3 is 13.9 Å². The highest BCUT2D eigenvalue weighted by atomic mass is 16.4. The molecule has 1 N–H and O–H groups in total. The van der Waals surface area contributed by atoms with E-state index in [2.05, 4.69) is 4.90 Å². The minimum atomic E-state index is -1.04. The molecule has 5 heteroatoms. The Morgan fingerprint density at radius 2 is 2.22 bits per heavy atom. The molecule has 18 heavy (non-hydrogen) atoms. The average Bonchev–Trinajstić information content (AvgIpc) is 2.89. The summed E-state index contributed by atoms with van der Waals surface area (Å²) in [5.74, 6) is -0.410. The van der Waals surface area contributed by atoms with Crippen molar-refractivity contribution in [2.24, 2.45) is 0 Å². The molecule has 0 atom stereocenters. The molecule has 5 nitrogen and oxygen atoms in total. The monoisotopic (exact) mass is 249 g/mol. The van der Waals surface area contributed by atoms with Crippen molar-refractivity contribution in [3.63, 3.8) is 0 Å². The first-order valence-corrected chi connectivity index (χ1v) is 5.58. The van der Waals surface area contributed by atoms with Crippen molar-refractivity contribution < 1.29 is 18.7 Å². The van der Waals surface area contributed by atoms with Crippen molar-refractivity contribution in [2.45, 2.75) is 20.0 Å². The Morgan fingerprint density at radius 1 is 1.44 bits per heavy atom. The minimum absolute atomic E-state index is 0.0146. The van der Waals surface area contributed by atoms with E-state index in [-0.39, 0.29) is 5.76 Å². The van der Waals surface area contributed by atoms with Gasteiger partial charge in [0.25, 0.3) is 0 Å². The summed E-state index contributed by atoms with van der Waals surface area (Å²) in [5, 5.41) is 8.84. The van der Waals surface area contributed by atoms with E-state index in [1.54, 1.807) is 25.5 Å². The van der Waals surface area contributed by atoms with Crippen LogP contribution < -0.4 is 0 Å². The van der Waals surface area contributed by atoms with Gasteiger partial charge in [-0.3, -0.25) is 4.90 Å². The Kier molecular flexibility index (Phi) is 3.53. The Hall–Kier alpha value is -2.01. The fourth-order valence-electron chi connectivity index (χ4n) is 1.82. The van der Waals surface area contributed by atoms with Gasteiger partial charge >= 0.3 is 5.97 Å². The standard InChI is InChI=1S/C13H15NO4/c1-9-11(5-12(18-9)13(15)16)7-14(2)6-10-3-4-17-8-10/h3-5,8H,6-7H2,1-2H3,(H,15,16). The van der Waals surface area contributed by atoms with E-state index < -0.39 is 5.97 Å². The largest absolute Gasteiger partial charge is 0.475 e. The van der Waals surface area contributed by atoms with Crippen LogP contribution in [-0.4, -0.2) is 23.0 Å². The molecular weight excluding hydrogens is 234 g/mol. The van der Waals surface area contributed by atoms with E-state index in [4.69, 9.17) is 13.9 Å². The second-order valence-electron chi connectivity index (χ2n) is 4.30. The maximum Gasteiger partial charge on any atom is 0.371 e. The number of furan rings is 2. The SMILES string of the molecule is Cc1oc(C(=O)O)cc1CN(C)Cc1ccoc1. The molecule has 0 spiro atoms. The lowest BCUT2D eigenvalue weighted by Gasteiger charge is -2.14. The molecule has 0 unspecified atom stereocenters. The zero-order valence-corrected chi connectivity index (χ0v) is 10.3. The Labute approximate surface area is 105 Å². The summed E-state index contributed by atoms with van der Waals surface area (Å²) in [6.45, 7) is 3.14. The van der Waals surface area contributed by atoms with E-state index in [1.807, 2.05) is 13.1 Å². The topological polar surface area (TPSA) is 66.8 Å². The summed E-state index contributed by atoms with van der Waals surface area (Å²) in [4.78, 5) is 12.9. The summed E-state index contributed by atoms with van der Waals surface area (Å²) in [6.07, 6.45) is 3.33. The molecule has 0 amide bonds. The van der Waals surface area contributed by atoms with E-state index in [1.165, 1.54) is 0 Å².